The first-order valence-electron chi connectivity index (χ1n) is 7.68. The first-order valence-corrected chi connectivity index (χ1v) is 9.87. The van der Waals surface area contributed by atoms with E-state index < -0.39 is 16.0 Å². The molecule has 1 saturated heterocycles. The minimum atomic E-state index is -3.59. The number of carboxylic acid groups (broad SMARTS) is 1. The molecule has 0 radical (unpaired) electrons. The predicted octanol–water partition coefficient (Wildman–Crippen LogP) is 2.87. The summed E-state index contributed by atoms with van der Waals surface area (Å²) in [6.07, 6.45) is 0. The van der Waals surface area contributed by atoms with E-state index in [1.807, 2.05) is 0 Å². The van der Waals surface area contributed by atoms with Gasteiger partial charge in [0.15, 0.2) is 0 Å². The van der Waals surface area contributed by atoms with Crippen LogP contribution < -0.4 is 5.32 Å². The van der Waals surface area contributed by atoms with Crippen molar-refractivity contribution in [2.75, 3.05) is 26.2 Å². The number of carbonyl (C=O) groups is 1. The zero-order valence-corrected chi connectivity index (χ0v) is 16.2. The van der Waals surface area contributed by atoms with Crippen LogP contribution in [0.15, 0.2) is 39.6 Å². The second kappa shape index (κ2) is 8.88. The molecule has 0 atom stereocenters. The summed E-state index contributed by atoms with van der Waals surface area (Å²) in [6, 6.07) is 7.73. The summed E-state index contributed by atoms with van der Waals surface area (Å²) in [5.41, 5.74) is 0. The van der Waals surface area contributed by atoms with Crippen LogP contribution in [0.5, 0.6) is 0 Å². The third-order valence-electron chi connectivity index (χ3n) is 3.54. The van der Waals surface area contributed by atoms with Gasteiger partial charge in [0.2, 0.25) is 15.8 Å². The summed E-state index contributed by atoms with van der Waals surface area (Å²) in [6.45, 7) is 3.85. The molecule has 26 heavy (non-hydrogen) atoms. The maximum Gasteiger partial charge on any atom is 0.371 e. The number of benzene rings is 1. The highest BCUT2D eigenvalue weighted by Crippen LogP contribution is 2.31. The van der Waals surface area contributed by atoms with Crippen molar-refractivity contribution in [2.45, 2.75) is 11.8 Å². The van der Waals surface area contributed by atoms with E-state index >= 15 is 0 Å². The molecule has 7 nitrogen and oxygen atoms in total. The lowest BCUT2D eigenvalue weighted by atomic mass is 10.4. The summed E-state index contributed by atoms with van der Waals surface area (Å²) in [5.74, 6) is -0.414. The average molecular weight is 421 g/mol. The zero-order valence-electron chi connectivity index (χ0n) is 13.9. The Kier molecular flexibility index (Phi) is 7.08. The lowest BCUT2D eigenvalue weighted by Gasteiger charge is -2.27. The van der Waals surface area contributed by atoms with E-state index in [2.05, 4.69) is 5.32 Å². The Hall–Kier alpha value is -1.58. The number of nitrogens with zero attached hydrogens (tertiary/aromatic N) is 1. The summed E-state index contributed by atoms with van der Waals surface area (Å²) in [5, 5.41) is 11.7. The quantitative estimate of drug-likeness (QED) is 0.791. The fourth-order valence-electron chi connectivity index (χ4n) is 2.29. The van der Waals surface area contributed by atoms with Gasteiger partial charge in [-0.15, -0.1) is 0 Å². The van der Waals surface area contributed by atoms with Crippen LogP contribution in [0.1, 0.15) is 16.3 Å². The molecule has 2 aromatic rings. The molecule has 1 aliphatic rings. The van der Waals surface area contributed by atoms with Crippen molar-refractivity contribution in [1.29, 1.82) is 0 Å². The van der Waals surface area contributed by atoms with Gasteiger partial charge in [-0.1, -0.05) is 29.3 Å². The van der Waals surface area contributed by atoms with Crippen LogP contribution in [0.2, 0.25) is 10.0 Å². The van der Waals surface area contributed by atoms with Gasteiger partial charge >= 0.3 is 5.97 Å². The number of aryl methyl sites for hydroxylation is 1. The number of furan rings is 1. The first kappa shape index (κ1) is 20.7. The van der Waals surface area contributed by atoms with Crippen molar-refractivity contribution in [3.8, 4) is 0 Å². The molecule has 0 amide bonds. The first-order chi connectivity index (χ1) is 12.2. The fraction of sp³-hybridized carbons (Fsp3) is 0.312. The van der Waals surface area contributed by atoms with E-state index in [9.17, 15) is 13.2 Å². The minimum absolute atomic E-state index is 0.00485. The highest BCUT2D eigenvalue weighted by Gasteiger charge is 2.29. The summed E-state index contributed by atoms with van der Waals surface area (Å²) >= 11 is 11.9. The van der Waals surface area contributed by atoms with Crippen LogP contribution in [-0.4, -0.2) is 50.0 Å². The van der Waals surface area contributed by atoms with Gasteiger partial charge in [0.25, 0.3) is 0 Å². The molecule has 0 aliphatic carbocycles. The maximum atomic E-state index is 12.4. The van der Waals surface area contributed by atoms with Gasteiger partial charge in [0.1, 0.15) is 10.7 Å². The SMILES string of the molecule is Cc1ccc(C(=O)O)o1.O=S(=O)(c1c(Cl)cccc1Cl)N1CCNCC1. The number of carboxylic acids is 1. The molecular formula is C16H18Cl2N2O5S. The van der Waals surface area contributed by atoms with Crippen LogP contribution in [0.4, 0.5) is 0 Å². The molecule has 0 bridgehead atoms. The molecule has 10 heteroatoms. The highest BCUT2D eigenvalue weighted by atomic mass is 35.5. The molecular weight excluding hydrogens is 403 g/mol. The van der Waals surface area contributed by atoms with Gasteiger partial charge in [0, 0.05) is 26.2 Å². The Morgan fingerprint density at radius 1 is 1.15 bits per heavy atom. The van der Waals surface area contributed by atoms with Gasteiger partial charge in [-0.25, -0.2) is 13.2 Å². The van der Waals surface area contributed by atoms with E-state index in [0.717, 1.165) is 0 Å². The lowest BCUT2D eigenvalue weighted by molar-refractivity contribution is 0.0661. The molecule has 2 heterocycles. The Balaban J connectivity index is 0.000000228. The molecule has 1 fully saturated rings. The molecule has 0 saturated carbocycles. The van der Waals surface area contributed by atoms with Crippen molar-refractivity contribution in [2.24, 2.45) is 0 Å². The standard InChI is InChI=1S/C10H12Cl2N2O2S.C6H6O3/c11-8-2-1-3-9(12)10(8)17(15,16)14-6-4-13-5-7-14;1-4-2-3-5(9-4)6(7)8/h1-3,13H,4-7H2;2-3H,1H3,(H,7,8). The van der Waals surface area contributed by atoms with Gasteiger partial charge in [0.05, 0.1) is 10.0 Å². The van der Waals surface area contributed by atoms with Crippen LogP contribution in [0, 0.1) is 6.92 Å². The zero-order chi connectivity index (χ0) is 19.3. The van der Waals surface area contributed by atoms with E-state index in [-0.39, 0.29) is 20.7 Å². The van der Waals surface area contributed by atoms with Crippen LogP contribution in [0.25, 0.3) is 0 Å². The van der Waals surface area contributed by atoms with Crippen molar-refractivity contribution >= 4 is 39.2 Å². The number of rotatable bonds is 3. The molecule has 2 N–H and O–H groups in total. The highest BCUT2D eigenvalue weighted by molar-refractivity contribution is 7.89. The maximum absolute atomic E-state index is 12.4. The van der Waals surface area contributed by atoms with E-state index in [1.165, 1.54) is 22.5 Å². The monoisotopic (exact) mass is 420 g/mol. The lowest BCUT2D eigenvalue weighted by Crippen LogP contribution is -2.46. The molecule has 1 aromatic carbocycles. The van der Waals surface area contributed by atoms with Gasteiger partial charge in [-0.2, -0.15) is 4.31 Å². The minimum Gasteiger partial charge on any atom is -0.475 e. The third-order valence-corrected chi connectivity index (χ3v) is 6.40. The van der Waals surface area contributed by atoms with Crippen LogP contribution in [-0.2, 0) is 10.0 Å². The average Bonchev–Trinajstić information content (AvgIpc) is 3.03. The number of hydrogen-bond donors (Lipinski definition) is 2. The summed E-state index contributed by atoms with van der Waals surface area (Å²) in [4.78, 5) is 10.1. The van der Waals surface area contributed by atoms with Crippen LogP contribution in [0.3, 0.4) is 0 Å². The van der Waals surface area contributed by atoms with Crippen molar-refractivity contribution in [3.05, 3.63) is 51.9 Å². The molecule has 1 aromatic heterocycles. The van der Waals surface area contributed by atoms with Crippen molar-refractivity contribution in [3.63, 3.8) is 0 Å². The Bertz CT molecular complexity index is 856. The van der Waals surface area contributed by atoms with Gasteiger partial charge in [-0.3, -0.25) is 0 Å². The Morgan fingerprint density at radius 2 is 1.73 bits per heavy atom. The Morgan fingerprint density at radius 3 is 2.15 bits per heavy atom. The second-order valence-electron chi connectivity index (χ2n) is 5.42. The largest absolute Gasteiger partial charge is 0.475 e. The van der Waals surface area contributed by atoms with Crippen LogP contribution >= 0.6 is 23.2 Å². The Labute approximate surface area is 161 Å². The summed E-state index contributed by atoms with van der Waals surface area (Å²) in [7, 11) is -3.59. The molecule has 3 rings (SSSR count). The smallest absolute Gasteiger partial charge is 0.371 e. The van der Waals surface area contributed by atoms with E-state index in [0.29, 0.717) is 31.9 Å². The molecule has 0 spiro atoms. The molecule has 0 unspecified atom stereocenters. The fourth-order valence-corrected chi connectivity index (χ4v) is 4.83. The number of aromatic carboxylic acids is 1. The third kappa shape index (κ3) is 4.99. The van der Waals surface area contributed by atoms with E-state index in [1.54, 1.807) is 19.1 Å². The van der Waals surface area contributed by atoms with Gasteiger partial charge < -0.3 is 14.8 Å². The van der Waals surface area contributed by atoms with Crippen molar-refractivity contribution in [1.82, 2.24) is 9.62 Å². The molecule has 142 valence electrons. The summed E-state index contributed by atoms with van der Waals surface area (Å²) < 4.78 is 30.9. The number of halogens is 2. The van der Waals surface area contributed by atoms with Gasteiger partial charge in [-0.05, 0) is 31.2 Å². The topological polar surface area (TPSA) is 99.8 Å². The number of hydrogen-bond acceptors (Lipinski definition) is 5. The number of nitrogens with one attached hydrogen (secondary N) is 1. The second-order valence-corrected chi connectivity index (χ2v) is 8.11. The van der Waals surface area contributed by atoms with E-state index in [4.69, 9.17) is 32.7 Å². The number of sulfonamides is 1. The van der Waals surface area contributed by atoms with Crippen molar-refractivity contribution < 1.29 is 22.7 Å². The predicted molar refractivity (Wildman–Crippen MR) is 98.5 cm³/mol. The normalized spacial score (nSPS) is 15.2. The number of piperazine rings is 1. The molecule has 1 aliphatic heterocycles.